The van der Waals surface area contributed by atoms with Crippen LogP contribution in [0.1, 0.15) is 24.2 Å². The van der Waals surface area contributed by atoms with Crippen LogP contribution in [0.4, 0.5) is 0 Å². The van der Waals surface area contributed by atoms with Crippen LogP contribution in [0.15, 0.2) is 42.6 Å². The van der Waals surface area contributed by atoms with Crippen molar-refractivity contribution in [1.29, 1.82) is 0 Å². The fraction of sp³-hybridized carbons (Fsp3) is 0.312. The Morgan fingerprint density at radius 1 is 1.10 bits per heavy atom. The van der Waals surface area contributed by atoms with Crippen molar-refractivity contribution in [3.05, 3.63) is 53.9 Å². The fourth-order valence-corrected chi connectivity index (χ4v) is 2.42. The lowest BCUT2D eigenvalue weighted by Gasteiger charge is -2.14. The summed E-state index contributed by atoms with van der Waals surface area (Å²) in [6.45, 7) is 1.87. The molecule has 0 bridgehead atoms. The second kappa shape index (κ2) is 6.39. The first-order valence-corrected chi connectivity index (χ1v) is 6.77. The highest BCUT2D eigenvalue weighted by Gasteiger charge is 2.25. The highest BCUT2D eigenvalue weighted by atomic mass is 16.3. The van der Waals surface area contributed by atoms with Gasteiger partial charge in [-0.15, -0.1) is 0 Å². The molecule has 1 heterocycles. The minimum absolute atomic E-state index is 0.0310. The van der Waals surface area contributed by atoms with Crippen LogP contribution in [0, 0.1) is 0 Å². The van der Waals surface area contributed by atoms with E-state index >= 15 is 0 Å². The van der Waals surface area contributed by atoms with E-state index in [2.05, 4.69) is 0 Å². The van der Waals surface area contributed by atoms with Crippen LogP contribution in [0.5, 0.6) is 11.5 Å². The Hall–Kier alpha value is -2.07. The predicted octanol–water partition coefficient (Wildman–Crippen LogP) is 1.72. The number of aromatic hydroxyl groups is 2. The van der Waals surface area contributed by atoms with E-state index in [-0.39, 0.29) is 24.1 Å². The quantitative estimate of drug-likeness (QED) is 0.727. The zero-order chi connectivity index (χ0) is 14.5. The summed E-state index contributed by atoms with van der Waals surface area (Å²) in [4.78, 5) is 0. The van der Waals surface area contributed by atoms with E-state index in [0.717, 1.165) is 5.56 Å². The summed E-state index contributed by atoms with van der Waals surface area (Å²) in [6, 6.07) is 11.2. The summed E-state index contributed by atoms with van der Waals surface area (Å²) >= 11 is 0. The highest BCUT2D eigenvalue weighted by molar-refractivity contribution is 5.37. The molecule has 0 saturated heterocycles. The van der Waals surface area contributed by atoms with Gasteiger partial charge in [0.1, 0.15) is 6.61 Å². The third-order valence-corrected chi connectivity index (χ3v) is 3.47. The molecule has 0 spiro atoms. The summed E-state index contributed by atoms with van der Waals surface area (Å²) in [6.07, 6.45) is 2.95. The minimum Gasteiger partial charge on any atom is -0.504 e. The van der Waals surface area contributed by atoms with Crippen molar-refractivity contribution >= 4 is 0 Å². The molecule has 0 radical (unpaired) electrons. The zero-order valence-corrected chi connectivity index (χ0v) is 11.5. The molecule has 0 aliphatic carbocycles. The number of benzene rings is 1. The van der Waals surface area contributed by atoms with Gasteiger partial charge < -0.3 is 15.3 Å². The van der Waals surface area contributed by atoms with Crippen molar-refractivity contribution in [3.63, 3.8) is 0 Å². The average molecular weight is 274 g/mol. The molecule has 0 fully saturated rings. The van der Waals surface area contributed by atoms with E-state index in [9.17, 15) is 15.3 Å². The Morgan fingerprint density at radius 2 is 1.80 bits per heavy atom. The molecule has 0 aliphatic heterocycles. The van der Waals surface area contributed by atoms with Gasteiger partial charge >= 0.3 is 0 Å². The highest BCUT2D eigenvalue weighted by Crippen LogP contribution is 2.27. The number of aliphatic hydroxyl groups is 1. The average Bonchev–Trinajstić information content (AvgIpc) is 2.48. The first-order valence-electron chi connectivity index (χ1n) is 6.77. The lowest BCUT2D eigenvalue weighted by molar-refractivity contribution is -0.731. The molecule has 2 rings (SSSR count). The van der Waals surface area contributed by atoms with Gasteiger partial charge in [-0.1, -0.05) is 37.3 Å². The van der Waals surface area contributed by atoms with Crippen LogP contribution in [0.3, 0.4) is 0 Å². The number of hydrogen-bond acceptors (Lipinski definition) is 3. The van der Waals surface area contributed by atoms with Gasteiger partial charge in [0.2, 0.25) is 11.4 Å². The van der Waals surface area contributed by atoms with Gasteiger partial charge in [0, 0.05) is 18.9 Å². The number of aliphatic hydroxyl groups excluding tert-OH is 1. The fourth-order valence-electron chi connectivity index (χ4n) is 2.42. The summed E-state index contributed by atoms with van der Waals surface area (Å²) in [5, 5.41) is 29.2. The second-order valence-corrected chi connectivity index (χ2v) is 4.78. The van der Waals surface area contributed by atoms with Gasteiger partial charge in [-0.05, 0) is 5.56 Å². The van der Waals surface area contributed by atoms with Gasteiger partial charge in [0.15, 0.2) is 18.0 Å². The van der Waals surface area contributed by atoms with E-state index in [0.29, 0.717) is 18.5 Å². The normalized spacial score (nSPS) is 12.3. The molecule has 2 aromatic rings. The largest absolute Gasteiger partial charge is 0.504 e. The molecule has 0 unspecified atom stereocenters. The first kappa shape index (κ1) is 14.3. The van der Waals surface area contributed by atoms with Crippen molar-refractivity contribution in [2.75, 3.05) is 6.61 Å². The lowest BCUT2D eigenvalue weighted by atomic mass is 10.1. The van der Waals surface area contributed by atoms with Crippen LogP contribution in [0.25, 0.3) is 0 Å². The monoisotopic (exact) mass is 274 g/mol. The Bertz CT molecular complexity index is 569. The third-order valence-electron chi connectivity index (χ3n) is 3.47. The van der Waals surface area contributed by atoms with Gasteiger partial charge in [0.05, 0.1) is 0 Å². The number of pyridine rings is 1. The molecular formula is C16H20NO3+. The molecule has 4 nitrogen and oxygen atoms in total. The standard InChI is InChI=1S/C16H19NO3/c1-2-14-16(20)15(19)8-9-17(14)13(11-18)10-12-6-4-3-5-7-12/h3-9,13,18,20H,2,10-11H2,1H3/p+1/t13-/m1/s1. The van der Waals surface area contributed by atoms with E-state index < -0.39 is 0 Å². The summed E-state index contributed by atoms with van der Waals surface area (Å²) < 4.78 is 1.84. The van der Waals surface area contributed by atoms with Crippen LogP contribution >= 0.6 is 0 Å². The first-order chi connectivity index (χ1) is 9.67. The SMILES string of the molecule is CCc1c(O)c(O)cc[n+]1[C@@H](CO)Cc1ccccc1. The maximum atomic E-state index is 9.94. The Balaban J connectivity index is 2.35. The van der Waals surface area contributed by atoms with E-state index in [1.54, 1.807) is 6.20 Å². The van der Waals surface area contributed by atoms with E-state index in [1.165, 1.54) is 6.07 Å². The van der Waals surface area contributed by atoms with Crippen LogP contribution in [-0.2, 0) is 12.8 Å². The third kappa shape index (κ3) is 2.91. The van der Waals surface area contributed by atoms with E-state index in [4.69, 9.17) is 0 Å². The molecule has 0 amide bonds. The van der Waals surface area contributed by atoms with Crippen molar-refractivity contribution in [3.8, 4) is 11.5 Å². The lowest BCUT2D eigenvalue weighted by Crippen LogP contribution is -2.46. The number of rotatable bonds is 5. The summed E-state index contributed by atoms with van der Waals surface area (Å²) in [5.74, 6) is -0.240. The molecule has 3 N–H and O–H groups in total. The molecule has 1 aromatic carbocycles. The molecular weight excluding hydrogens is 254 g/mol. The van der Waals surface area contributed by atoms with Gasteiger partial charge in [-0.25, -0.2) is 0 Å². The molecule has 4 heteroatoms. The van der Waals surface area contributed by atoms with Crippen molar-refractivity contribution in [2.45, 2.75) is 25.8 Å². The Kier molecular flexibility index (Phi) is 4.58. The molecule has 0 saturated carbocycles. The van der Waals surface area contributed by atoms with E-state index in [1.807, 2.05) is 41.8 Å². The predicted molar refractivity (Wildman–Crippen MR) is 75.6 cm³/mol. The maximum Gasteiger partial charge on any atom is 0.227 e. The molecule has 0 aliphatic rings. The number of aromatic nitrogens is 1. The second-order valence-electron chi connectivity index (χ2n) is 4.78. The number of nitrogens with zero attached hydrogens (tertiary/aromatic N) is 1. The molecule has 106 valence electrons. The smallest absolute Gasteiger partial charge is 0.227 e. The maximum absolute atomic E-state index is 9.94. The summed E-state index contributed by atoms with van der Waals surface area (Å²) in [7, 11) is 0. The van der Waals surface area contributed by atoms with Crippen LogP contribution < -0.4 is 4.57 Å². The Labute approximate surface area is 118 Å². The van der Waals surface area contributed by atoms with Crippen molar-refractivity contribution in [1.82, 2.24) is 0 Å². The molecule has 1 aromatic heterocycles. The molecule has 1 atom stereocenters. The zero-order valence-electron chi connectivity index (χ0n) is 11.5. The summed E-state index contributed by atoms with van der Waals surface area (Å²) in [5.41, 5.74) is 1.74. The van der Waals surface area contributed by atoms with Gasteiger partial charge in [-0.2, -0.15) is 4.57 Å². The van der Waals surface area contributed by atoms with Crippen molar-refractivity contribution < 1.29 is 19.9 Å². The van der Waals surface area contributed by atoms with Crippen molar-refractivity contribution in [2.24, 2.45) is 0 Å². The molecule has 20 heavy (non-hydrogen) atoms. The van der Waals surface area contributed by atoms with Gasteiger partial charge in [-0.3, -0.25) is 0 Å². The minimum atomic E-state index is -0.168. The van der Waals surface area contributed by atoms with Crippen LogP contribution in [0.2, 0.25) is 0 Å². The number of hydrogen-bond donors (Lipinski definition) is 3. The van der Waals surface area contributed by atoms with Gasteiger partial charge in [0.25, 0.3) is 0 Å². The van der Waals surface area contributed by atoms with Crippen LogP contribution in [-0.4, -0.2) is 21.9 Å². The Morgan fingerprint density at radius 3 is 2.40 bits per heavy atom. The topological polar surface area (TPSA) is 64.6 Å².